The molecule has 0 aromatic heterocycles. The number of carboxylic acids is 1. The summed E-state index contributed by atoms with van der Waals surface area (Å²) >= 11 is 3.36. The number of aliphatic carboxylic acids is 1. The van der Waals surface area contributed by atoms with E-state index >= 15 is 0 Å². The fourth-order valence-electron chi connectivity index (χ4n) is 2.22. The molecule has 0 saturated carbocycles. The molecule has 0 radical (unpaired) electrons. The number of nitrogens with zero attached hydrogens (tertiary/aromatic N) is 1. The summed E-state index contributed by atoms with van der Waals surface area (Å²) in [4.78, 5) is 24.6. The Labute approximate surface area is 137 Å². The summed E-state index contributed by atoms with van der Waals surface area (Å²) < 4.78 is 11.6. The van der Waals surface area contributed by atoms with Crippen LogP contribution in [-0.4, -0.2) is 54.3 Å². The number of benzene rings is 1. The van der Waals surface area contributed by atoms with Crippen LogP contribution in [0.15, 0.2) is 28.7 Å². The standard InChI is InChI=1S/C15H18BrNO5/c16-11-3-1-4-12(9-11)22-7-2-5-14(18)17-6-8-21-10-13(17)15(19)20/h1,3-4,9,13H,2,5-8,10H2,(H,19,20). The van der Waals surface area contributed by atoms with E-state index in [1.165, 1.54) is 4.90 Å². The normalized spacial score (nSPS) is 18.0. The van der Waals surface area contributed by atoms with Crippen LogP contribution in [0.25, 0.3) is 0 Å². The van der Waals surface area contributed by atoms with Crippen LogP contribution in [0.5, 0.6) is 5.75 Å². The predicted octanol–water partition coefficient (Wildman–Crippen LogP) is 1.92. The van der Waals surface area contributed by atoms with Crippen molar-refractivity contribution in [2.24, 2.45) is 0 Å². The lowest BCUT2D eigenvalue weighted by molar-refractivity contribution is -0.158. The van der Waals surface area contributed by atoms with Gasteiger partial charge in [0.25, 0.3) is 0 Å². The topological polar surface area (TPSA) is 76.1 Å². The first-order valence-electron chi connectivity index (χ1n) is 7.06. The van der Waals surface area contributed by atoms with E-state index in [0.717, 1.165) is 10.2 Å². The third kappa shape index (κ3) is 4.71. The minimum absolute atomic E-state index is 0.0512. The molecule has 6 nitrogen and oxygen atoms in total. The first-order chi connectivity index (χ1) is 10.6. The SMILES string of the molecule is O=C(O)C1COCCN1C(=O)CCCOc1cccc(Br)c1. The Bertz CT molecular complexity index is 536. The van der Waals surface area contributed by atoms with Crippen LogP contribution in [0, 0.1) is 0 Å². The predicted molar refractivity (Wildman–Crippen MR) is 82.8 cm³/mol. The summed E-state index contributed by atoms with van der Waals surface area (Å²) in [5.41, 5.74) is 0. The number of carbonyl (C=O) groups excluding carboxylic acids is 1. The van der Waals surface area contributed by atoms with E-state index in [0.29, 0.717) is 26.2 Å². The average molecular weight is 372 g/mol. The first kappa shape index (κ1) is 16.8. The quantitative estimate of drug-likeness (QED) is 0.773. The van der Waals surface area contributed by atoms with E-state index in [-0.39, 0.29) is 18.9 Å². The second-order valence-electron chi connectivity index (χ2n) is 4.93. The summed E-state index contributed by atoms with van der Waals surface area (Å²) in [6, 6.07) is 6.59. The number of halogens is 1. The van der Waals surface area contributed by atoms with E-state index in [4.69, 9.17) is 14.6 Å². The Balaban J connectivity index is 1.76. The molecule has 1 heterocycles. The van der Waals surface area contributed by atoms with Crippen molar-refractivity contribution in [1.82, 2.24) is 4.90 Å². The van der Waals surface area contributed by atoms with Crippen molar-refractivity contribution >= 4 is 27.8 Å². The van der Waals surface area contributed by atoms with Crippen LogP contribution in [0.1, 0.15) is 12.8 Å². The Morgan fingerprint density at radius 1 is 1.45 bits per heavy atom. The zero-order valence-corrected chi connectivity index (χ0v) is 13.6. The molecule has 1 N–H and O–H groups in total. The van der Waals surface area contributed by atoms with Crippen LogP contribution >= 0.6 is 15.9 Å². The lowest BCUT2D eigenvalue weighted by atomic mass is 10.2. The van der Waals surface area contributed by atoms with Gasteiger partial charge in [-0.3, -0.25) is 4.79 Å². The summed E-state index contributed by atoms with van der Waals surface area (Å²) in [5, 5.41) is 9.10. The molecular formula is C15H18BrNO5. The van der Waals surface area contributed by atoms with Gasteiger partial charge in [-0.15, -0.1) is 0 Å². The number of carbonyl (C=O) groups is 2. The number of amides is 1. The molecule has 2 rings (SSSR count). The number of ether oxygens (including phenoxy) is 2. The maximum absolute atomic E-state index is 12.1. The van der Waals surface area contributed by atoms with E-state index in [1.807, 2.05) is 24.3 Å². The molecule has 1 aromatic rings. The van der Waals surface area contributed by atoms with Gasteiger partial charge >= 0.3 is 5.97 Å². The Morgan fingerprint density at radius 3 is 3.00 bits per heavy atom. The molecule has 7 heteroatoms. The lowest BCUT2D eigenvalue weighted by Crippen LogP contribution is -2.52. The van der Waals surface area contributed by atoms with Gasteiger partial charge in [-0.2, -0.15) is 0 Å². The second-order valence-corrected chi connectivity index (χ2v) is 5.84. The van der Waals surface area contributed by atoms with E-state index in [1.54, 1.807) is 0 Å². The summed E-state index contributed by atoms with van der Waals surface area (Å²) in [6.45, 7) is 1.16. The molecule has 1 aliphatic rings. The van der Waals surface area contributed by atoms with E-state index in [2.05, 4.69) is 15.9 Å². The van der Waals surface area contributed by atoms with Crippen LogP contribution < -0.4 is 4.74 Å². The molecular weight excluding hydrogens is 354 g/mol. The third-order valence-electron chi connectivity index (χ3n) is 3.33. The Morgan fingerprint density at radius 2 is 2.27 bits per heavy atom. The van der Waals surface area contributed by atoms with Gasteiger partial charge in [0.1, 0.15) is 5.75 Å². The molecule has 0 bridgehead atoms. The summed E-state index contributed by atoms with van der Waals surface area (Å²) in [7, 11) is 0. The monoisotopic (exact) mass is 371 g/mol. The highest BCUT2D eigenvalue weighted by Crippen LogP contribution is 2.18. The van der Waals surface area contributed by atoms with Crippen molar-refractivity contribution in [3.8, 4) is 5.75 Å². The maximum atomic E-state index is 12.1. The smallest absolute Gasteiger partial charge is 0.328 e. The Kier molecular flexibility index (Phi) is 6.21. The van der Waals surface area contributed by atoms with Gasteiger partial charge in [0.05, 0.1) is 19.8 Å². The van der Waals surface area contributed by atoms with Gasteiger partial charge in [-0.25, -0.2) is 4.79 Å². The van der Waals surface area contributed by atoms with Gasteiger partial charge in [-0.1, -0.05) is 22.0 Å². The van der Waals surface area contributed by atoms with Crippen molar-refractivity contribution in [2.75, 3.05) is 26.4 Å². The lowest BCUT2D eigenvalue weighted by Gasteiger charge is -2.32. The Hall–Kier alpha value is -1.60. The van der Waals surface area contributed by atoms with Gasteiger partial charge in [0.2, 0.25) is 5.91 Å². The third-order valence-corrected chi connectivity index (χ3v) is 3.83. The minimum atomic E-state index is -1.03. The van der Waals surface area contributed by atoms with E-state index < -0.39 is 12.0 Å². The molecule has 1 aromatic carbocycles. The highest BCUT2D eigenvalue weighted by atomic mass is 79.9. The molecule has 1 unspecified atom stereocenters. The molecule has 1 amide bonds. The van der Waals surface area contributed by atoms with Crippen LogP contribution in [0.3, 0.4) is 0 Å². The molecule has 0 spiro atoms. The molecule has 1 fully saturated rings. The first-order valence-corrected chi connectivity index (χ1v) is 7.85. The van der Waals surface area contributed by atoms with Crippen LogP contribution in [0.2, 0.25) is 0 Å². The number of hydrogen-bond acceptors (Lipinski definition) is 4. The van der Waals surface area contributed by atoms with Crippen molar-refractivity contribution in [3.05, 3.63) is 28.7 Å². The zero-order chi connectivity index (χ0) is 15.9. The molecule has 1 saturated heterocycles. The maximum Gasteiger partial charge on any atom is 0.328 e. The number of rotatable bonds is 6. The van der Waals surface area contributed by atoms with Gasteiger partial charge in [0, 0.05) is 17.4 Å². The fraction of sp³-hybridized carbons (Fsp3) is 0.467. The van der Waals surface area contributed by atoms with Gasteiger partial charge in [0.15, 0.2) is 6.04 Å². The van der Waals surface area contributed by atoms with Gasteiger partial charge < -0.3 is 19.5 Å². The van der Waals surface area contributed by atoms with Crippen LogP contribution in [0.4, 0.5) is 0 Å². The van der Waals surface area contributed by atoms with E-state index in [9.17, 15) is 9.59 Å². The number of hydrogen-bond donors (Lipinski definition) is 1. The molecule has 1 aliphatic heterocycles. The van der Waals surface area contributed by atoms with Crippen molar-refractivity contribution in [2.45, 2.75) is 18.9 Å². The molecule has 0 aliphatic carbocycles. The fourth-order valence-corrected chi connectivity index (χ4v) is 2.60. The number of carboxylic acid groups (broad SMARTS) is 1. The highest BCUT2D eigenvalue weighted by Gasteiger charge is 2.32. The second kappa shape index (κ2) is 8.14. The molecule has 1 atom stereocenters. The molecule has 120 valence electrons. The van der Waals surface area contributed by atoms with Crippen LogP contribution in [-0.2, 0) is 14.3 Å². The number of morpholine rings is 1. The highest BCUT2D eigenvalue weighted by molar-refractivity contribution is 9.10. The summed E-state index contributed by atoms with van der Waals surface area (Å²) in [5.74, 6) is -0.469. The summed E-state index contributed by atoms with van der Waals surface area (Å²) in [6.07, 6.45) is 0.798. The van der Waals surface area contributed by atoms with Crippen molar-refractivity contribution < 1.29 is 24.2 Å². The zero-order valence-electron chi connectivity index (χ0n) is 12.0. The largest absolute Gasteiger partial charge is 0.494 e. The average Bonchev–Trinajstić information content (AvgIpc) is 2.51. The van der Waals surface area contributed by atoms with Crippen molar-refractivity contribution in [3.63, 3.8) is 0 Å². The van der Waals surface area contributed by atoms with Gasteiger partial charge in [-0.05, 0) is 24.6 Å². The van der Waals surface area contributed by atoms with Crippen molar-refractivity contribution in [1.29, 1.82) is 0 Å². The minimum Gasteiger partial charge on any atom is -0.494 e. The molecule has 22 heavy (non-hydrogen) atoms.